The Hall–Kier alpha value is -0.690. The summed E-state index contributed by atoms with van der Waals surface area (Å²) < 4.78 is 10.6. The minimum Gasteiger partial charge on any atom is -0.383 e. The van der Waals surface area contributed by atoms with Crippen molar-refractivity contribution in [3.05, 3.63) is 0 Å². The molecule has 2 fully saturated rings. The Labute approximate surface area is 108 Å². The molecule has 2 heterocycles. The van der Waals surface area contributed by atoms with Crippen LogP contribution in [-0.2, 0) is 14.3 Å². The van der Waals surface area contributed by atoms with Crippen LogP contribution in [0.4, 0.5) is 0 Å². The van der Waals surface area contributed by atoms with E-state index in [0.29, 0.717) is 13.2 Å². The molecule has 1 N–H and O–H groups in total. The highest BCUT2D eigenvalue weighted by molar-refractivity contribution is 5.81. The Morgan fingerprint density at radius 3 is 2.78 bits per heavy atom. The summed E-state index contributed by atoms with van der Waals surface area (Å²) in [5.41, 5.74) is 0. The molecule has 2 aliphatic heterocycles. The lowest BCUT2D eigenvalue weighted by Gasteiger charge is -2.36. The maximum Gasteiger partial charge on any atom is 0.253 e. The highest BCUT2D eigenvalue weighted by Gasteiger charge is 2.28. The number of nitrogens with zero attached hydrogens (tertiary/aromatic N) is 2. The van der Waals surface area contributed by atoms with E-state index in [1.165, 1.54) is 0 Å². The first-order valence-electron chi connectivity index (χ1n) is 6.63. The average Bonchev–Trinajstić information content (AvgIpc) is 2.46. The van der Waals surface area contributed by atoms with Gasteiger partial charge < -0.3 is 19.7 Å². The molecule has 0 bridgehead atoms. The fourth-order valence-electron chi connectivity index (χ4n) is 2.34. The van der Waals surface area contributed by atoms with Gasteiger partial charge in [0, 0.05) is 52.9 Å². The average molecular weight is 257 g/mol. The zero-order chi connectivity index (χ0) is 12.8. The van der Waals surface area contributed by atoms with E-state index in [2.05, 4.69) is 10.2 Å². The Morgan fingerprint density at radius 2 is 2.17 bits per heavy atom. The van der Waals surface area contributed by atoms with Gasteiger partial charge in [-0.25, -0.2) is 0 Å². The van der Waals surface area contributed by atoms with Crippen LogP contribution in [0.3, 0.4) is 0 Å². The van der Waals surface area contributed by atoms with E-state index in [0.717, 1.165) is 45.9 Å². The highest BCUT2D eigenvalue weighted by Crippen LogP contribution is 2.07. The minimum absolute atomic E-state index is 0.133. The summed E-state index contributed by atoms with van der Waals surface area (Å²) in [5.74, 6) is 0.133. The topological polar surface area (TPSA) is 54.0 Å². The molecule has 104 valence electrons. The lowest BCUT2D eigenvalue weighted by Crippen LogP contribution is -2.55. The molecular formula is C12H23N3O3. The van der Waals surface area contributed by atoms with Gasteiger partial charge in [-0.2, -0.15) is 0 Å². The summed E-state index contributed by atoms with van der Waals surface area (Å²) in [6.45, 7) is 7.25. The Bertz CT molecular complexity index is 261. The second kappa shape index (κ2) is 7.04. The summed E-state index contributed by atoms with van der Waals surface area (Å²) in [6, 6.07) is 0. The molecule has 1 amide bonds. The van der Waals surface area contributed by atoms with Gasteiger partial charge in [-0.1, -0.05) is 0 Å². The summed E-state index contributed by atoms with van der Waals surface area (Å²) in [6.07, 6.45) is -0.288. The van der Waals surface area contributed by atoms with Crippen LogP contribution in [0.15, 0.2) is 0 Å². The number of nitrogens with one attached hydrogen (secondary N) is 1. The number of carbonyl (C=O) groups is 1. The van der Waals surface area contributed by atoms with Crippen molar-refractivity contribution in [1.82, 2.24) is 15.1 Å². The summed E-state index contributed by atoms with van der Waals surface area (Å²) in [5, 5.41) is 3.19. The largest absolute Gasteiger partial charge is 0.383 e. The van der Waals surface area contributed by atoms with Crippen LogP contribution in [0.2, 0.25) is 0 Å². The summed E-state index contributed by atoms with van der Waals surface area (Å²) in [7, 11) is 1.72. The van der Waals surface area contributed by atoms with Crippen molar-refractivity contribution in [2.75, 3.05) is 66.1 Å². The van der Waals surface area contributed by atoms with Crippen LogP contribution >= 0.6 is 0 Å². The number of morpholine rings is 1. The second-order valence-corrected chi connectivity index (χ2v) is 4.72. The number of amides is 1. The van der Waals surface area contributed by atoms with Gasteiger partial charge in [-0.15, -0.1) is 0 Å². The number of methoxy groups -OCH3 is 1. The molecule has 0 aromatic carbocycles. The molecule has 0 aromatic rings. The van der Waals surface area contributed by atoms with Crippen molar-refractivity contribution in [1.29, 1.82) is 0 Å². The molecule has 6 heteroatoms. The highest BCUT2D eigenvalue weighted by atomic mass is 16.5. The van der Waals surface area contributed by atoms with Gasteiger partial charge in [0.25, 0.3) is 5.91 Å². The van der Waals surface area contributed by atoms with E-state index in [1.807, 2.05) is 4.90 Å². The lowest BCUT2D eigenvalue weighted by atomic mass is 10.2. The van der Waals surface area contributed by atoms with Crippen LogP contribution in [0.1, 0.15) is 0 Å². The maximum absolute atomic E-state index is 12.2. The van der Waals surface area contributed by atoms with Crippen LogP contribution in [0.25, 0.3) is 0 Å². The van der Waals surface area contributed by atoms with Gasteiger partial charge in [0.1, 0.15) is 6.10 Å². The normalized spacial score (nSPS) is 26.3. The molecule has 0 aromatic heterocycles. The third-order valence-electron chi connectivity index (χ3n) is 3.50. The number of ether oxygens (including phenoxy) is 2. The van der Waals surface area contributed by atoms with Gasteiger partial charge in [0.15, 0.2) is 0 Å². The number of hydrogen-bond acceptors (Lipinski definition) is 5. The molecule has 2 rings (SSSR count). The van der Waals surface area contributed by atoms with E-state index >= 15 is 0 Å². The third kappa shape index (κ3) is 3.65. The predicted molar refractivity (Wildman–Crippen MR) is 67.5 cm³/mol. The van der Waals surface area contributed by atoms with Crippen molar-refractivity contribution in [2.24, 2.45) is 0 Å². The Kier molecular flexibility index (Phi) is 5.37. The van der Waals surface area contributed by atoms with Crippen molar-refractivity contribution < 1.29 is 14.3 Å². The van der Waals surface area contributed by atoms with Crippen molar-refractivity contribution in [2.45, 2.75) is 6.10 Å². The zero-order valence-electron chi connectivity index (χ0n) is 11.1. The van der Waals surface area contributed by atoms with Gasteiger partial charge in [0.2, 0.25) is 0 Å². The van der Waals surface area contributed by atoms with Crippen molar-refractivity contribution in [3.8, 4) is 0 Å². The Balaban J connectivity index is 1.73. The van der Waals surface area contributed by atoms with Gasteiger partial charge >= 0.3 is 0 Å². The van der Waals surface area contributed by atoms with Crippen LogP contribution in [0, 0.1) is 0 Å². The van der Waals surface area contributed by atoms with E-state index in [4.69, 9.17) is 9.47 Å². The number of piperazine rings is 1. The molecule has 2 saturated heterocycles. The third-order valence-corrected chi connectivity index (χ3v) is 3.50. The second-order valence-electron chi connectivity index (χ2n) is 4.72. The van der Waals surface area contributed by atoms with Crippen molar-refractivity contribution in [3.63, 3.8) is 0 Å². The lowest BCUT2D eigenvalue weighted by molar-refractivity contribution is -0.147. The minimum atomic E-state index is -0.288. The standard InChI is InChI=1S/C12H23N3O3/c1-17-9-7-14-3-5-15(6-4-14)12(16)11-10-13-2-8-18-11/h11,13H,2-10H2,1H3. The first-order valence-corrected chi connectivity index (χ1v) is 6.63. The maximum atomic E-state index is 12.2. The molecule has 1 atom stereocenters. The quantitative estimate of drug-likeness (QED) is 0.683. The van der Waals surface area contributed by atoms with E-state index in [9.17, 15) is 4.79 Å². The van der Waals surface area contributed by atoms with Crippen LogP contribution < -0.4 is 5.32 Å². The summed E-state index contributed by atoms with van der Waals surface area (Å²) in [4.78, 5) is 16.4. The predicted octanol–water partition coefficient (Wildman–Crippen LogP) is -1.23. The van der Waals surface area contributed by atoms with Gasteiger partial charge in [-0.05, 0) is 0 Å². The summed E-state index contributed by atoms with van der Waals surface area (Å²) >= 11 is 0. The number of carbonyl (C=O) groups excluding carboxylic acids is 1. The molecule has 0 radical (unpaired) electrons. The molecule has 6 nitrogen and oxygen atoms in total. The van der Waals surface area contributed by atoms with Gasteiger partial charge in [-0.3, -0.25) is 9.69 Å². The molecule has 18 heavy (non-hydrogen) atoms. The van der Waals surface area contributed by atoms with E-state index < -0.39 is 0 Å². The zero-order valence-corrected chi connectivity index (χ0v) is 11.1. The molecule has 0 aliphatic carbocycles. The van der Waals surface area contributed by atoms with E-state index in [-0.39, 0.29) is 12.0 Å². The monoisotopic (exact) mass is 257 g/mol. The fraction of sp³-hybridized carbons (Fsp3) is 0.917. The number of hydrogen-bond donors (Lipinski definition) is 1. The van der Waals surface area contributed by atoms with Crippen LogP contribution in [-0.4, -0.2) is 87.9 Å². The molecule has 0 spiro atoms. The molecular weight excluding hydrogens is 234 g/mol. The van der Waals surface area contributed by atoms with Crippen molar-refractivity contribution >= 4 is 5.91 Å². The van der Waals surface area contributed by atoms with Crippen LogP contribution in [0.5, 0.6) is 0 Å². The molecule has 0 saturated carbocycles. The van der Waals surface area contributed by atoms with Gasteiger partial charge in [0.05, 0.1) is 13.2 Å². The SMILES string of the molecule is COCCN1CCN(C(=O)C2CNCCO2)CC1. The molecule has 2 aliphatic rings. The first kappa shape index (κ1) is 13.7. The molecule has 1 unspecified atom stereocenters. The Morgan fingerprint density at radius 1 is 1.39 bits per heavy atom. The number of rotatable bonds is 4. The smallest absolute Gasteiger partial charge is 0.253 e. The van der Waals surface area contributed by atoms with E-state index in [1.54, 1.807) is 7.11 Å². The fourth-order valence-corrected chi connectivity index (χ4v) is 2.34. The first-order chi connectivity index (χ1) is 8.81.